The zero-order valence-electron chi connectivity index (χ0n) is 11.3. The summed E-state index contributed by atoms with van der Waals surface area (Å²) in [4.78, 5) is 11.8. The van der Waals surface area contributed by atoms with Gasteiger partial charge in [-0.3, -0.25) is 0 Å². The van der Waals surface area contributed by atoms with E-state index >= 15 is 0 Å². The third-order valence-electron chi connectivity index (χ3n) is 2.67. The van der Waals surface area contributed by atoms with E-state index in [4.69, 9.17) is 13.9 Å². The number of ether oxygens (including phenoxy) is 2. The number of aryl methyl sites for hydroxylation is 1. The summed E-state index contributed by atoms with van der Waals surface area (Å²) in [5, 5.41) is 0. The maximum absolute atomic E-state index is 13.0. The molecule has 2 rings (SSSR count). The first-order valence-corrected chi connectivity index (χ1v) is 6.19. The van der Waals surface area contributed by atoms with E-state index in [0.29, 0.717) is 17.1 Å². The van der Waals surface area contributed by atoms with E-state index in [2.05, 4.69) is 0 Å². The maximum Gasteiger partial charge on any atom is 0.342 e. The van der Waals surface area contributed by atoms with Crippen molar-refractivity contribution in [1.29, 1.82) is 0 Å². The minimum absolute atomic E-state index is 0.145. The van der Waals surface area contributed by atoms with Crippen LogP contribution in [0.2, 0.25) is 0 Å². The normalized spacial score (nSPS) is 11.9. The zero-order chi connectivity index (χ0) is 14.5. The Morgan fingerprint density at radius 1 is 1.40 bits per heavy atom. The Kier molecular flexibility index (Phi) is 4.40. The Morgan fingerprint density at radius 3 is 2.85 bits per heavy atom. The summed E-state index contributed by atoms with van der Waals surface area (Å²) < 4.78 is 28.6. The van der Waals surface area contributed by atoms with Gasteiger partial charge in [0, 0.05) is 6.07 Å². The van der Waals surface area contributed by atoms with Crippen LogP contribution >= 0.6 is 0 Å². The van der Waals surface area contributed by atoms with Crippen LogP contribution in [0.1, 0.15) is 23.0 Å². The molecule has 0 fully saturated rings. The Hall–Kier alpha value is -2.30. The number of hydrogen-bond donors (Lipinski definition) is 0. The molecule has 0 amide bonds. The lowest BCUT2D eigenvalue weighted by Crippen LogP contribution is -2.22. The van der Waals surface area contributed by atoms with Crippen LogP contribution in [0.4, 0.5) is 4.39 Å². The Balaban J connectivity index is 1.85. The summed E-state index contributed by atoms with van der Waals surface area (Å²) in [6.45, 7) is 3.53. The van der Waals surface area contributed by atoms with Gasteiger partial charge in [0.2, 0.25) is 0 Å². The fourth-order valence-electron chi connectivity index (χ4n) is 1.65. The van der Waals surface area contributed by atoms with Gasteiger partial charge in [-0.05, 0) is 32.0 Å². The molecule has 1 unspecified atom stereocenters. The molecule has 0 aliphatic carbocycles. The Labute approximate surface area is 116 Å². The van der Waals surface area contributed by atoms with Crippen LogP contribution in [-0.2, 0) is 4.74 Å². The predicted octanol–water partition coefficient (Wildman–Crippen LogP) is 3.35. The smallest absolute Gasteiger partial charge is 0.342 e. The second-order valence-electron chi connectivity index (χ2n) is 4.37. The Morgan fingerprint density at radius 2 is 2.20 bits per heavy atom. The molecule has 0 saturated carbocycles. The minimum atomic E-state index is -0.466. The number of hydrogen-bond acceptors (Lipinski definition) is 4. The first-order chi connectivity index (χ1) is 9.56. The van der Waals surface area contributed by atoms with Crippen LogP contribution in [-0.4, -0.2) is 18.7 Å². The molecule has 1 aromatic heterocycles. The average molecular weight is 278 g/mol. The molecule has 1 heterocycles. The fourth-order valence-corrected chi connectivity index (χ4v) is 1.65. The lowest BCUT2D eigenvalue weighted by molar-refractivity contribution is 0.0226. The number of furan rings is 1. The van der Waals surface area contributed by atoms with Crippen LogP contribution in [0.5, 0.6) is 5.75 Å². The second kappa shape index (κ2) is 6.23. The molecule has 0 spiro atoms. The number of benzene rings is 1. The number of rotatable bonds is 5. The van der Waals surface area contributed by atoms with Crippen molar-refractivity contribution in [2.75, 3.05) is 6.61 Å². The first-order valence-electron chi connectivity index (χ1n) is 6.19. The van der Waals surface area contributed by atoms with Gasteiger partial charge in [0.15, 0.2) is 0 Å². The van der Waals surface area contributed by atoms with Crippen molar-refractivity contribution in [2.45, 2.75) is 20.0 Å². The van der Waals surface area contributed by atoms with Crippen LogP contribution < -0.4 is 4.74 Å². The van der Waals surface area contributed by atoms with Crippen LogP contribution in [0.15, 0.2) is 41.0 Å². The number of carbonyl (C=O) groups is 1. The van der Waals surface area contributed by atoms with Gasteiger partial charge < -0.3 is 13.9 Å². The quantitative estimate of drug-likeness (QED) is 0.787. The summed E-state index contributed by atoms with van der Waals surface area (Å²) in [5.41, 5.74) is 0.391. The molecule has 106 valence electrons. The van der Waals surface area contributed by atoms with Crippen molar-refractivity contribution in [2.24, 2.45) is 0 Å². The van der Waals surface area contributed by atoms with Gasteiger partial charge in [-0.2, -0.15) is 0 Å². The van der Waals surface area contributed by atoms with Gasteiger partial charge in [0.1, 0.15) is 35.6 Å². The first kappa shape index (κ1) is 14.1. The van der Waals surface area contributed by atoms with Gasteiger partial charge in [-0.1, -0.05) is 6.07 Å². The molecule has 0 radical (unpaired) electrons. The average Bonchev–Trinajstić information content (AvgIpc) is 2.83. The summed E-state index contributed by atoms with van der Waals surface area (Å²) in [5.74, 6) is 0.0633. The summed E-state index contributed by atoms with van der Waals surface area (Å²) in [6.07, 6.45) is 0.972. The van der Waals surface area contributed by atoms with Gasteiger partial charge in [0.25, 0.3) is 0 Å². The van der Waals surface area contributed by atoms with E-state index in [1.54, 1.807) is 32.0 Å². The number of esters is 1. The molecule has 5 heteroatoms. The monoisotopic (exact) mass is 278 g/mol. The zero-order valence-corrected chi connectivity index (χ0v) is 11.3. The highest BCUT2D eigenvalue weighted by Gasteiger charge is 2.16. The van der Waals surface area contributed by atoms with E-state index < -0.39 is 12.1 Å². The van der Waals surface area contributed by atoms with Gasteiger partial charge in [0.05, 0.1) is 6.26 Å². The highest BCUT2D eigenvalue weighted by Crippen LogP contribution is 2.14. The largest absolute Gasteiger partial charge is 0.490 e. The molecule has 4 nitrogen and oxygen atoms in total. The molecule has 0 saturated heterocycles. The molecule has 0 aliphatic rings. The molecule has 1 atom stereocenters. The van der Waals surface area contributed by atoms with Crippen molar-refractivity contribution < 1.29 is 23.1 Å². The second-order valence-corrected chi connectivity index (χ2v) is 4.37. The van der Waals surface area contributed by atoms with Gasteiger partial charge >= 0.3 is 5.97 Å². The molecule has 2 aromatic rings. The minimum Gasteiger partial charge on any atom is -0.490 e. The van der Waals surface area contributed by atoms with E-state index in [9.17, 15) is 9.18 Å². The van der Waals surface area contributed by atoms with Crippen LogP contribution in [0.25, 0.3) is 0 Å². The van der Waals surface area contributed by atoms with E-state index in [-0.39, 0.29) is 12.4 Å². The summed E-state index contributed by atoms with van der Waals surface area (Å²) in [7, 11) is 0. The van der Waals surface area contributed by atoms with E-state index in [0.717, 1.165) is 0 Å². The van der Waals surface area contributed by atoms with Crippen molar-refractivity contribution in [1.82, 2.24) is 0 Å². The SMILES string of the molecule is Cc1occc1C(=O)OC(C)COc1cccc(F)c1. The lowest BCUT2D eigenvalue weighted by Gasteiger charge is -2.14. The third-order valence-corrected chi connectivity index (χ3v) is 2.67. The number of carbonyl (C=O) groups excluding carboxylic acids is 1. The van der Waals surface area contributed by atoms with Crippen molar-refractivity contribution in [3.63, 3.8) is 0 Å². The molecule has 0 bridgehead atoms. The van der Waals surface area contributed by atoms with Crippen molar-refractivity contribution >= 4 is 5.97 Å². The lowest BCUT2D eigenvalue weighted by atomic mass is 10.2. The van der Waals surface area contributed by atoms with Crippen LogP contribution in [0, 0.1) is 12.7 Å². The summed E-state index contributed by atoms with van der Waals surface area (Å²) in [6, 6.07) is 7.35. The highest BCUT2D eigenvalue weighted by atomic mass is 19.1. The van der Waals surface area contributed by atoms with E-state index in [1.807, 2.05) is 0 Å². The standard InChI is InChI=1S/C15H15FO4/c1-10(9-19-13-5-3-4-12(16)8-13)20-15(17)14-6-7-18-11(14)2/h3-8,10H,9H2,1-2H3. The third kappa shape index (κ3) is 3.60. The number of halogens is 1. The molecular weight excluding hydrogens is 263 g/mol. The molecule has 1 aromatic carbocycles. The highest BCUT2D eigenvalue weighted by molar-refractivity contribution is 5.90. The fraction of sp³-hybridized carbons (Fsp3) is 0.267. The van der Waals surface area contributed by atoms with E-state index in [1.165, 1.54) is 18.4 Å². The Bertz CT molecular complexity index is 591. The maximum atomic E-state index is 13.0. The summed E-state index contributed by atoms with van der Waals surface area (Å²) >= 11 is 0. The molecule has 0 aliphatic heterocycles. The van der Waals surface area contributed by atoms with Crippen molar-refractivity contribution in [3.05, 3.63) is 53.7 Å². The van der Waals surface area contributed by atoms with Gasteiger partial charge in [-0.25, -0.2) is 9.18 Å². The van der Waals surface area contributed by atoms with Gasteiger partial charge in [-0.15, -0.1) is 0 Å². The molecular formula is C15H15FO4. The molecule has 20 heavy (non-hydrogen) atoms. The molecule has 0 N–H and O–H groups in total. The topological polar surface area (TPSA) is 48.7 Å². The predicted molar refractivity (Wildman–Crippen MR) is 70.2 cm³/mol. The van der Waals surface area contributed by atoms with Crippen LogP contribution in [0.3, 0.4) is 0 Å². The van der Waals surface area contributed by atoms with Crippen molar-refractivity contribution in [3.8, 4) is 5.75 Å².